The number of thiophene rings is 1. The van der Waals surface area contributed by atoms with Gasteiger partial charge in [0.15, 0.2) is 0 Å². The van der Waals surface area contributed by atoms with Crippen LogP contribution in [-0.4, -0.2) is 15.8 Å². The Labute approximate surface area is 233 Å². The zero-order chi connectivity index (χ0) is 25.7. The number of nitrogens with zero attached hydrogens (tertiary/aromatic N) is 2. The van der Waals surface area contributed by atoms with Crippen molar-refractivity contribution >= 4 is 98.2 Å². The van der Waals surface area contributed by atoms with Crippen LogP contribution in [0.25, 0.3) is 75.2 Å². The maximum Gasteiger partial charge on any atom is 0.252 e. The second-order valence-electron chi connectivity index (χ2n) is 11.3. The molecular formula is C36H19BN2S. The van der Waals surface area contributed by atoms with Crippen LogP contribution < -0.4 is 16.4 Å². The van der Waals surface area contributed by atoms with Crippen LogP contribution in [0.3, 0.4) is 0 Å². The molecule has 5 heterocycles. The molecular weight excluding hydrogens is 503 g/mol. The van der Waals surface area contributed by atoms with E-state index in [1.165, 1.54) is 91.5 Å². The molecule has 0 saturated carbocycles. The summed E-state index contributed by atoms with van der Waals surface area (Å²) >= 11 is 1.94. The largest absolute Gasteiger partial charge is 0.310 e. The van der Waals surface area contributed by atoms with Gasteiger partial charge in [0, 0.05) is 48.2 Å². The quantitative estimate of drug-likeness (QED) is 0.184. The zero-order valence-corrected chi connectivity index (χ0v) is 22.2. The third kappa shape index (κ3) is 2.10. The second-order valence-corrected chi connectivity index (χ2v) is 12.3. The summed E-state index contributed by atoms with van der Waals surface area (Å²) in [4.78, 5) is 0. The van der Waals surface area contributed by atoms with Crippen molar-refractivity contribution in [2.45, 2.75) is 0 Å². The molecule has 0 aliphatic carbocycles. The topological polar surface area (TPSA) is 9.86 Å². The Bertz CT molecular complexity index is 2610. The maximum absolute atomic E-state index is 2.60. The van der Waals surface area contributed by atoms with Gasteiger partial charge in [0.25, 0.3) is 6.71 Å². The molecule has 0 spiro atoms. The number of hydrogen-bond donors (Lipinski definition) is 0. The SMILES string of the molecule is c1ccc2c(c1)sc1c3c(ccc12)B1c2cccc4c5ccccc5n(c24)-c2ccc4c5ccccc5n-3c4c21. The summed E-state index contributed by atoms with van der Waals surface area (Å²) in [6.07, 6.45) is 0. The molecule has 0 unspecified atom stereocenters. The highest BCUT2D eigenvalue weighted by atomic mass is 32.1. The first-order chi connectivity index (χ1) is 19.9. The number of rotatable bonds is 0. The van der Waals surface area contributed by atoms with Gasteiger partial charge in [-0.15, -0.1) is 11.3 Å². The molecule has 2 aliphatic rings. The maximum atomic E-state index is 2.60. The molecule has 0 saturated heterocycles. The molecule has 2 aliphatic heterocycles. The fourth-order valence-electron chi connectivity index (χ4n) is 8.04. The standard InChI is InChI=1S/C36H19BN2S/c1-4-13-28-20(8-1)23-11-7-12-26-33(23)38(28)30-19-17-24-21-9-2-5-14-29(21)39-34(24)32(30)37(26)27-18-16-25-22-10-3-6-15-31(22)40-36(25)35(27)39/h1-19H. The third-order valence-electron chi connectivity index (χ3n) is 9.51. The average molecular weight is 522 g/mol. The molecule has 3 aromatic heterocycles. The molecule has 9 aromatic rings. The fraction of sp³-hybridized carbons (Fsp3) is 0. The van der Waals surface area contributed by atoms with Crippen LogP contribution in [0.1, 0.15) is 0 Å². The number of aromatic nitrogens is 2. The third-order valence-corrected chi connectivity index (χ3v) is 10.7. The van der Waals surface area contributed by atoms with E-state index in [-0.39, 0.29) is 6.71 Å². The van der Waals surface area contributed by atoms with Crippen LogP contribution in [0.2, 0.25) is 0 Å². The molecule has 0 N–H and O–H groups in total. The van der Waals surface area contributed by atoms with Gasteiger partial charge in [-0.2, -0.15) is 0 Å². The Kier molecular flexibility index (Phi) is 3.36. The van der Waals surface area contributed by atoms with Gasteiger partial charge in [-0.1, -0.05) is 91.0 Å². The van der Waals surface area contributed by atoms with Crippen LogP contribution >= 0.6 is 11.3 Å². The van der Waals surface area contributed by atoms with Crippen molar-refractivity contribution in [2.75, 3.05) is 0 Å². The van der Waals surface area contributed by atoms with Crippen LogP contribution in [0.15, 0.2) is 115 Å². The van der Waals surface area contributed by atoms with E-state index in [1.54, 1.807) is 0 Å². The van der Waals surface area contributed by atoms with E-state index in [2.05, 4.69) is 124 Å². The van der Waals surface area contributed by atoms with Crippen molar-refractivity contribution in [1.29, 1.82) is 0 Å². The minimum Gasteiger partial charge on any atom is -0.310 e. The molecule has 0 fully saturated rings. The molecule has 2 nitrogen and oxygen atoms in total. The van der Waals surface area contributed by atoms with Gasteiger partial charge in [-0.05, 0) is 40.7 Å². The molecule has 0 bridgehead atoms. The van der Waals surface area contributed by atoms with Gasteiger partial charge < -0.3 is 9.13 Å². The van der Waals surface area contributed by atoms with Gasteiger partial charge in [0.2, 0.25) is 0 Å². The summed E-state index contributed by atoms with van der Waals surface area (Å²) in [7, 11) is 0. The van der Waals surface area contributed by atoms with Crippen molar-refractivity contribution in [3.63, 3.8) is 0 Å². The molecule has 11 rings (SSSR count). The van der Waals surface area contributed by atoms with Crippen molar-refractivity contribution in [3.05, 3.63) is 115 Å². The summed E-state index contributed by atoms with van der Waals surface area (Å²) in [5.74, 6) is 0. The molecule has 0 radical (unpaired) electrons. The number of fused-ring (bicyclic) bond motifs is 15. The smallest absolute Gasteiger partial charge is 0.252 e. The van der Waals surface area contributed by atoms with Crippen LogP contribution in [0.5, 0.6) is 0 Å². The predicted octanol–water partition coefficient (Wildman–Crippen LogP) is 7.39. The van der Waals surface area contributed by atoms with E-state index in [0.717, 1.165) is 0 Å². The second kappa shape index (κ2) is 6.67. The van der Waals surface area contributed by atoms with Gasteiger partial charge in [0.05, 0.1) is 26.9 Å². The highest BCUT2D eigenvalue weighted by Gasteiger charge is 2.41. The summed E-state index contributed by atoms with van der Waals surface area (Å²) in [6.45, 7) is 0.181. The van der Waals surface area contributed by atoms with E-state index in [4.69, 9.17) is 0 Å². The molecule has 40 heavy (non-hydrogen) atoms. The highest BCUT2D eigenvalue weighted by molar-refractivity contribution is 7.26. The predicted molar refractivity (Wildman–Crippen MR) is 173 cm³/mol. The first-order valence-electron chi connectivity index (χ1n) is 13.9. The van der Waals surface area contributed by atoms with Crippen molar-refractivity contribution < 1.29 is 0 Å². The van der Waals surface area contributed by atoms with E-state index < -0.39 is 0 Å². The number of hydrogen-bond acceptors (Lipinski definition) is 1. The lowest BCUT2D eigenvalue weighted by molar-refractivity contribution is 1.17. The Morgan fingerprint density at radius 2 is 1.15 bits per heavy atom. The summed E-state index contributed by atoms with van der Waals surface area (Å²) in [5.41, 5.74) is 12.2. The summed E-state index contributed by atoms with van der Waals surface area (Å²) in [5, 5.41) is 8.04. The average Bonchev–Trinajstić information content (AvgIpc) is 3.67. The molecule has 0 atom stereocenters. The Balaban J connectivity index is 1.45. The lowest BCUT2D eigenvalue weighted by atomic mass is 9.34. The first kappa shape index (κ1) is 20.2. The van der Waals surface area contributed by atoms with Gasteiger partial charge in [0.1, 0.15) is 0 Å². The van der Waals surface area contributed by atoms with Crippen molar-refractivity contribution in [2.24, 2.45) is 0 Å². The Morgan fingerprint density at radius 3 is 2.00 bits per heavy atom. The minimum absolute atomic E-state index is 0.181. The van der Waals surface area contributed by atoms with Crippen molar-refractivity contribution in [3.8, 4) is 11.4 Å². The van der Waals surface area contributed by atoms with E-state index in [1.807, 2.05) is 11.3 Å². The fourth-order valence-corrected chi connectivity index (χ4v) is 9.29. The lowest BCUT2D eigenvalue weighted by Crippen LogP contribution is -2.59. The molecule has 4 heteroatoms. The monoisotopic (exact) mass is 522 g/mol. The highest BCUT2D eigenvalue weighted by Crippen LogP contribution is 2.43. The van der Waals surface area contributed by atoms with Crippen LogP contribution in [0, 0.1) is 0 Å². The summed E-state index contributed by atoms with van der Waals surface area (Å²) < 4.78 is 7.87. The van der Waals surface area contributed by atoms with Gasteiger partial charge in [-0.25, -0.2) is 0 Å². The van der Waals surface area contributed by atoms with Crippen LogP contribution in [0.4, 0.5) is 0 Å². The van der Waals surface area contributed by atoms with E-state index >= 15 is 0 Å². The molecule has 182 valence electrons. The molecule has 0 amide bonds. The number of para-hydroxylation sites is 3. The minimum atomic E-state index is 0.181. The lowest BCUT2D eigenvalue weighted by Gasteiger charge is -2.33. The number of benzene rings is 6. The first-order valence-corrected chi connectivity index (χ1v) is 14.7. The molecule has 6 aromatic carbocycles. The zero-order valence-electron chi connectivity index (χ0n) is 21.3. The van der Waals surface area contributed by atoms with E-state index in [9.17, 15) is 0 Å². The van der Waals surface area contributed by atoms with Crippen LogP contribution in [-0.2, 0) is 0 Å². The van der Waals surface area contributed by atoms with Gasteiger partial charge in [-0.3, -0.25) is 0 Å². The Morgan fingerprint density at radius 1 is 0.475 bits per heavy atom. The van der Waals surface area contributed by atoms with Gasteiger partial charge >= 0.3 is 0 Å². The van der Waals surface area contributed by atoms with E-state index in [0.29, 0.717) is 0 Å². The normalized spacial score (nSPS) is 13.4. The summed E-state index contributed by atoms with van der Waals surface area (Å²) in [6, 6.07) is 43.2. The van der Waals surface area contributed by atoms with Crippen molar-refractivity contribution in [1.82, 2.24) is 9.13 Å². The Hall–Kier alpha value is -4.80.